The maximum atomic E-state index is 11.0. The predicted molar refractivity (Wildman–Crippen MR) is 98.6 cm³/mol. The number of aromatic nitrogens is 1. The van der Waals surface area contributed by atoms with Gasteiger partial charge >= 0.3 is 0 Å². The van der Waals surface area contributed by atoms with Gasteiger partial charge in [-0.3, -0.25) is 9.88 Å². The van der Waals surface area contributed by atoms with Gasteiger partial charge in [0.25, 0.3) is 0 Å². The number of nitrogens with zero attached hydrogens (tertiary/aromatic N) is 2. The molecule has 0 amide bonds. The Hall–Kier alpha value is -1.95. The van der Waals surface area contributed by atoms with Gasteiger partial charge in [-0.2, -0.15) is 0 Å². The number of β-amino-alcohol motifs (C(OH)–C–C–N with tert-alkyl or cyclic N) is 1. The van der Waals surface area contributed by atoms with E-state index >= 15 is 0 Å². The summed E-state index contributed by atoms with van der Waals surface area (Å²) in [4.78, 5) is 6.37. The quantitative estimate of drug-likeness (QED) is 0.767. The van der Waals surface area contributed by atoms with Crippen LogP contribution in [0.25, 0.3) is 0 Å². The van der Waals surface area contributed by atoms with E-state index in [2.05, 4.69) is 22.0 Å². The van der Waals surface area contributed by atoms with E-state index in [9.17, 15) is 15.3 Å². The Balaban J connectivity index is 1.32. The van der Waals surface area contributed by atoms with E-state index in [1.54, 1.807) is 12.1 Å². The summed E-state index contributed by atoms with van der Waals surface area (Å²) in [6.45, 7) is 2.37. The molecule has 4 rings (SSSR count). The minimum atomic E-state index is -0.655. The zero-order valence-corrected chi connectivity index (χ0v) is 14.8. The Morgan fingerprint density at radius 3 is 2.38 bits per heavy atom. The van der Waals surface area contributed by atoms with Crippen LogP contribution in [-0.4, -0.2) is 50.4 Å². The molecule has 2 aliphatic rings. The lowest BCUT2D eigenvalue weighted by Crippen LogP contribution is -2.33. The second-order valence-electron chi connectivity index (χ2n) is 7.99. The van der Waals surface area contributed by atoms with Crippen molar-refractivity contribution in [2.75, 3.05) is 19.6 Å². The molecule has 1 aromatic heterocycles. The maximum Gasteiger partial charge on any atom is 0.133 e. The second kappa shape index (κ2) is 6.99. The Labute approximate surface area is 153 Å². The van der Waals surface area contributed by atoms with Crippen LogP contribution in [0.4, 0.5) is 0 Å². The van der Waals surface area contributed by atoms with E-state index in [1.807, 2.05) is 18.2 Å². The number of hydrogen-bond acceptors (Lipinski definition) is 5. The summed E-state index contributed by atoms with van der Waals surface area (Å²) in [6.07, 6.45) is 3.09. The minimum Gasteiger partial charge on any atom is -0.506 e. The normalized spacial score (nSPS) is 29.6. The monoisotopic (exact) mass is 354 g/mol. The smallest absolute Gasteiger partial charge is 0.133 e. The third-order valence-electron chi connectivity index (χ3n) is 5.86. The number of likely N-dealkylation sites (tertiary alicyclic amines) is 1. The second-order valence-corrected chi connectivity index (χ2v) is 7.99. The highest BCUT2D eigenvalue weighted by Gasteiger charge is 2.48. The zero-order chi connectivity index (χ0) is 18.1. The first-order chi connectivity index (χ1) is 12.5. The lowest BCUT2D eigenvalue weighted by Gasteiger charge is -2.27. The third-order valence-corrected chi connectivity index (χ3v) is 5.86. The van der Waals surface area contributed by atoms with Gasteiger partial charge in [0.15, 0.2) is 0 Å². The first kappa shape index (κ1) is 17.5. The first-order valence-electron chi connectivity index (χ1n) is 9.32. The van der Waals surface area contributed by atoms with E-state index in [-0.39, 0.29) is 5.75 Å². The summed E-state index contributed by atoms with van der Waals surface area (Å²) >= 11 is 0. The van der Waals surface area contributed by atoms with Crippen LogP contribution in [0.15, 0.2) is 48.7 Å². The molecule has 1 aliphatic heterocycles. The lowest BCUT2D eigenvalue weighted by molar-refractivity contribution is 0.0327. The number of benzene rings is 1. The summed E-state index contributed by atoms with van der Waals surface area (Å²) in [5.41, 5.74) is 1.18. The summed E-state index contributed by atoms with van der Waals surface area (Å²) in [5.74, 6) is 1.08. The van der Waals surface area contributed by atoms with E-state index < -0.39 is 11.7 Å². The topological polar surface area (TPSA) is 76.8 Å². The van der Waals surface area contributed by atoms with Crippen molar-refractivity contribution in [3.63, 3.8) is 0 Å². The average molecular weight is 354 g/mol. The fourth-order valence-electron chi connectivity index (χ4n) is 4.76. The van der Waals surface area contributed by atoms with Gasteiger partial charge in [-0.1, -0.05) is 30.3 Å². The highest BCUT2D eigenvalue weighted by Crippen LogP contribution is 2.45. The number of pyridine rings is 1. The lowest BCUT2D eigenvalue weighted by atomic mass is 9.91. The largest absolute Gasteiger partial charge is 0.506 e. The fourth-order valence-corrected chi connectivity index (χ4v) is 4.76. The SMILES string of the molecule is Oc1ccc([C@@H](O)CN2C[C@@H]3CC(O)(Cc4ccccc4)C[C@@H]3C2)nc1. The Morgan fingerprint density at radius 1 is 1.08 bits per heavy atom. The van der Waals surface area contributed by atoms with Crippen LogP contribution in [0.2, 0.25) is 0 Å². The van der Waals surface area contributed by atoms with Crippen LogP contribution in [0, 0.1) is 11.8 Å². The molecule has 2 aromatic rings. The van der Waals surface area contributed by atoms with E-state index in [4.69, 9.17) is 0 Å². The molecule has 2 heterocycles. The molecule has 1 saturated heterocycles. The number of aliphatic hydroxyl groups is 2. The van der Waals surface area contributed by atoms with Gasteiger partial charge in [-0.05, 0) is 42.4 Å². The molecule has 0 spiro atoms. The third kappa shape index (κ3) is 3.75. The van der Waals surface area contributed by atoms with Crippen molar-refractivity contribution in [1.82, 2.24) is 9.88 Å². The Bertz CT molecular complexity index is 721. The molecule has 0 radical (unpaired) electrons. The molecule has 3 N–H and O–H groups in total. The average Bonchev–Trinajstić information content (AvgIpc) is 3.10. The molecule has 4 atom stereocenters. The maximum absolute atomic E-state index is 11.0. The van der Waals surface area contributed by atoms with Crippen LogP contribution in [0.5, 0.6) is 5.75 Å². The van der Waals surface area contributed by atoms with Gasteiger partial charge in [0, 0.05) is 26.1 Å². The standard InChI is InChI=1S/C21H26N2O3/c24-18-6-7-19(22-11-18)20(25)14-23-12-16-9-21(26,10-17(16)13-23)8-15-4-2-1-3-5-15/h1-7,11,16-17,20,24-26H,8-10,12-14H2/t16-,17+,20-,21?/m0/s1. The van der Waals surface area contributed by atoms with Crippen molar-refractivity contribution in [3.8, 4) is 5.75 Å². The summed E-state index contributed by atoms with van der Waals surface area (Å²) in [5, 5.41) is 30.7. The summed E-state index contributed by atoms with van der Waals surface area (Å²) in [6, 6.07) is 13.4. The number of hydrogen-bond donors (Lipinski definition) is 3. The molecule has 138 valence electrons. The van der Waals surface area contributed by atoms with Crippen molar-refractivity contribution >= 4 is 0 Å². The van der Waals surface area contributed by atoms with E-state index in [0.29, 0.717) is 24.1 Å². The Morgan fingerprint density at radius 2 is 1.77 bits per heavy atom. The van der Waals surface area contributed by atoms with Gasteiger partial charge in [0.1, 0.15) is 11.9 Å². The van der Waals surface area contributed by atoms with Crippen LogP contribution in [0.3, 0.4) is 0 Å². The van der Waals surface area contributed by atoms with Gasteiger partial charge < -0.3 is 15.3 Å². The molecule has 1 aromatic carbocycles. The summed E-state index contributed by atoms with van der Waals surface area (Å²) < 4.78 is 0. The van der Waals surface area contributed by atoms with Crippen molar-refractivity contribution in [3.05, 3.63) is 59.9 Å². The number of aromatic hydroxyl groups is 1. The van der Waals surface area contributed by atoms with E-state index in [0.717, 1.165) is 32.4 Å². The molecule has 5 nitrogen and oxygen atoms in total. The highest BCUT2D eigenvalue weighted by molar-refractivity contribution is 5.20. The molecule has 2 fully saturated rings. The van der Waals surface area contributed by atoms with E-state index in [1.165, 1.54) is 11.8 Å². The van der Waals surface area contributed by atoms with Gasteiger partial charge in [0.05, 0.1) is 17.5 Å². The van der Waals surface area contributed by atoms with Crippen LogP contribution >= 0.6 is 0 Å². The Kier molecular flexibility index (Phi) is 4.69. The highest BCUT2D eigenvalue weighted by atomic mass is 16.3. The fraction of sp³-hybridized carbons (Fsp3) is 0.476. The molecule has 5 heteroatoms. The number of rotatable bonds is 5. The van der Waals surface area contributed by atoms with Crippen LogP contribution < -0.4 is 0 Å². The van der Waals surface area contributed by atoms with Gasteiger partial charge in [-0.25, -0.2) is 0 Å². The number of fused-ring (bicyclic) bond motifs is 1. The van der Waals surface area contributed by atoms with Gasteiger partial charge in [-0.15, -0.1) is 0 Å². The van der Waals surface area contributed by atoms with Crippen molar-refractivity contribution in [2.24, 2.45) is 11.8 Å². The van der Waals surface area contributed by atoms with Gasteiger partial charge in [0.2, 0.25) is 0 Å². The molecular formula is C21H26N2O3. The van der Waals surface area contributed by atoms with Crippen LogP contribution in [0.1, 0.15) is 30.2 Å². The van der Waals surface area contributed by atoms with Crippen molar-refractivity contribution in [2.45, 2.75) is 31.0 Å². The molecule has 1 saturated carbocycles. The molecular weight excluding hydrogens is 328 g/mol. The molecule has 0 bridgehead atoms. The number of aliphatic hydroxyl groups excluding tert-OH is 1. The molecule has 26 heavy (non-hydrogen) atoms. The predicted octanol–water partition coefficient (Wildman–Crippen LogP) is 2.14. The van der Waals surface area contributed by atoms with Crippen molar-refractivity contribution < 1.29 is 15.3 Å². The zero-order valence-electron chi connectivity index (χ0n) is 14.8. The first-order valence-corrected chi connectivity index (χ1v) is 9.32. The van der Waals surface area contributed by atoms with Crippen molar-refractivity contribution in [1.29, 1.82) is 0 Å². The van der Waals surface area contributed by atoms with Crippen LogP contribution in [-0.2, 0) is 6.42 Å². The summed E-state index contributed by atoms with van der Waals surface area (Å²) in [7, 11) is 0. The molecule has 1 aliphatic carbocycles. The minimum absolute atomic E-state index is 0.106. The molecule has 1 unspecified atom stereocenters.